The Morgan fingerprint density at radius 1 is 1.03 bits per heavy atom. The van der Waals surface area contributed by atoms with Crippen molar-refractivity contribution in [3.63, 3.8) is 0 Å². The van der Waals surface area contributed by atoms with Crippen molar-refractivity contribution in [1.29, 1.82) is 0 Å². The molecule has 9 heteroatoms. The zero-order valence-corrected chi connectivity index (χ0v) is 18.1. The standard InChI is InChI=1S/C24H24FN7O/c25-18-3-1-16(2-4-18)24(33)30-9-6-19(7-10-30)31-13-20(14-31)32-12-17(11-29-32)22-21-5-8-26-23(21)28-15-27-22/h1-5,8,11-12,15,19-20H,6-7,9-10,13-14H2,(H,26,27,28). The number of halogens is 1. The quantitative estimate of drug-likeness (QED) is 0.522. The first kappa shape index (κ1) is 20.0. The summed E-state index contributed by atoms with van der Waals surface area (Å²) in [4.78, 5) is 28.9. The van der Waals surface area contributed by atoms with Gasteiger partial charge in [0.25, 0.3) is 5.91 Å². The zero-order chi connectivity index (χ0) is 22.4. The Morgan fingerprint density at radius 3 is 2.61 bits per heavy atom. The molecule has 1 amide bonds. The molecular weight excluding hydrogens is 421 g/mol. The second kappa shape index (κ2) is 8.08. The Morgan fingerprint density at radius 2 is 1.82 bits per heavy atom. The number of piperidine rings is 1. The van der Waals surface area contributed by atoms with Crippen LogP contribution in [0, 0.1) is 5.82 Å². The number of carbonyl (C=O) groups is 1. The highest BCUT2D eigenvalue weighted by molar-refractivity contribution is 5.94. The molecule has 2 saturated heterocycles. The number of benzene rings is 1. The lowest BCUT2D eigenvalue weighted by molar-refractivity contribution is 0.0198. The number of amides is 1. The van der Waals surface area contributed by atoms with Gasteiger partial charge < -0.3 is 9.88 Å². The van der Waals surface area contributed by atoms with Crippen LogP contribution in [0.1, 0.15) is 29.2 Å². The number of aromatic nitrogens is 5. The SMILES string of the molecule is O=C(c1ccc(F)cc1)N1CCC(N2CC(n3cc(-c4ncnc5[nH]ccc45)cn3)C2)CC1. The van der Waals surface area contributed by atoms with E-state index in [2.05, 4.69) is 31.1 Å². The molecule has 0 spiro atoms. The molecule has 0 aliphatic carbocycles. The first-order valence-electron chi connectivity index (χ1n) is 11.3. The second-order valence-corrected chi connectivity index (χ2v) is 8.81. The Hall–Kier alpha value is -3.59. The van der Waals surface area contributed by atoms with Crippen molar-refractivity contribution in [2.75, 3.05) is 26.2 Å². The number of likely N-dealkylation sites (tertiary alicyclic amines) is 2. The average Bonchev–Trinajstić information content (AvgIpc) is 3.48. The summed E-state index contributed by atoms with van der Waals surface area (Å²) >= 11 is 0. The van der Waals surface area contributed by atoms with E-state index >= 15 is 0 Å². The van der Waals surface area contributed by atoms with E-state index in [1.165, 1.54) is 12.1 Å². The summed E-state index contributed by atoms with van der Waals surface area (Å²) in [6.07, 6.45) is 9.30. The molecule has 3 aromatic heterocycles. The number of hydrogen-bond donors (Lipinski definition) is 1. The van der Waals surface area contributed by atoms with Crippen molar-refractivity contribution in [2.24, 2.45) is 0 Å². The summed E-state index contributed by atoms with van der Waals surface area (Å²) in [5.41, 5.74) is 3.26. The highest BCUT2D eigenvalue weighted by Crippen LogP contribution is 2.30. The van der Waals surface area contributed by atoms with Gasteiger partial charge in [-0.05, 0) is 43.2 Å². The van der Waals surface area contributed by atoms with Crippen LogP contribution in [0.4, 0.5) is 4.39 Å². The molecule has 0 atom stereocenters. The topological polar surface area (TPSA) is 82.9 Å². The van der Waals surface area contributed by atoms with Crippen molar-refractivity contribution in [1.82, 2.24) is 34.5 Å². The van der Waals surface area contributed by atoms with Gasteiger partial charge in [0.1, 0.15) is 17.8 Å². The number of H-pyrrole nitrogens is 1. The van der Waals surface area contributed by atoms with Gasteiger partial charge in [-0.3, -0.25) is 14.4 Å². The number of aromatic amines is 1. The van der Waals surface area contributed by atoms with E-state index in [9.17, 15) is 9.18 Å². The van der Waals surface area contributed by atoms with Crippen LogP contribution in [0.25, 0.3) is 22.3 Å². The zero-order valence-electron chi connectivity index (χ0n) is 18.1. The molecule has 0 bridgehead atoms. The molecule has 4 aromatic rings. The molecule has 2 aliphatic heterocycles. The van der Waals surface area contributed by atoms with E-state index in [1.807, 2.05) is 28.0 Å². The smallest absolute Gasteiger partial charge is 0.253 e. The van der Waals surface area contributed by atoms with E-state index in [-0.39, 0.29) is 11.7 Å². The average molecular weight is 446 g/mol. The molecule has 6 rings (SSSR count). The van der Waals surface area contributed by atoms with Crippen LogP contribution in [0.15, 0.2) is 55.2 Å². The van der Waals surface area contributed by atoms with Crippen LogP contribution < -0.4 is 0 Å². The van der Waals surface area contributed by atoms with Gasteiger partial charge in [0, 0.05) is 61.1 Å². The first-order valence-corrected chi connectivity index (χ1v) is 11.3. The lowest BCUT2D eigenvalue weighted by Gasteiger charge is -2.47. The van der Waals surface area contributed by atoms with E-state index < -0.39 is 0 Å². The van der Waals surface area contributed by atoms with Crippen molar-refractivity contribution in [3.8, 4) is 11.3 Å². The third-order valence-corrected chi connectivity index (χ3v) is 6.85. The highest BCUT2D eigenvalue weighted by Gasteiger charge is 2.36. The summed E-state index contributed by atoms with van der Waals surface area (Å²) in [6, 6.07) is 8.62. The van der Waals surface area contributed by atoms with Crippen LogP contribution >= 0.6 is 0 Å². The fourth-order valence-corrected chi connectivity index (χ4v) is 4.92. The summed E-state index contributed by atoms with van der Waals surface area (Å²) in [5, 5.41) is 5.59. The van der Waals surface area contributed by atoms with Crippen LogP contribution in [-0.4, -0.2) is 72.7 Å². The van der Waals surface area contributed by atoms with Crippen LogP contribution in [0.2, 0.25) is 0 Å². The Kier molecular flexibility index (Phi) is 4.91. The van der Waals surface area contributed by atoms with E-state index in [0.717, 1.165) is 61.3 Å². The third kappa shape index (κ3) is 3.68. The molecule has 0 unspecified atom stereocenters. The number of nitrogens with one attached hydrogen (secondary N) is 1. The Bertz CT molecular complexity index is 1280. The van der Waals surface area contributed by atoms with Gasteiger partial charge in [0.2, 0.25) is 0 Å². The monoisotopic (exact) mass is 445 g/mol. The molecule has 8 nitrogen and oxygen atoms in total. The number of fused-ring (bicyclic) bond motifs is 1. The van der Waals surface area contributed by atoms with Crippen molar-refractivity contribution in [2.45, 2.75) is 24.9 Å². The molecule has 5 heterocycles. The molecule has 0 saturated carbocycles. The van der Waals surface area contributed by atoms with Crippen LogP contribution in [-0.2, 0) is 0 Å². The normalized spacial score (nSPS) is 18.0. The molecule has 0 radical (unpaired) electrons. The lowest BCUT2D eigenvalue weighted by Crippen LogP contribution is -2.56. The number of hydrogen-bond acceptors (Lipinski definition) is 5. The minimum Gasteiger partial charge on any atom is -0.346 e. The van der Waals surface area contributed by atoms with E-state index in [4.69, 9.17) is 0 Å². The molecule has 168 valence electrons. The molecule has 33 heavy (non-hydrogen) atoms. The van der Waals surface area contributed by atoms with E-state index in [0.29, 0.717) is 17.6 Å². The van der Waals surface area contributed by atoms with Gasteiger partial charge in [0.05, 0.1) is 17.9 Å². The largest absolute Gasteiger partial charge is 0.346 e. The summed E-state index contributed by atoms with van der Waals surface area (Å²) in [5.74, 6) is -0.336. The minimum absolute atomic E-state index is 0.0136. The van der Waals surface area contributed by atoms with Crippen molar-refractivity contribution >= 4 is 16.9 Å². The lowest BCUT2D eigenvalue weighted by atomic mass is 9.97. The fourth-order valence-electron chi connectivity index (χ4n) is 4.92. The van der Waals surface area contributed by atoms with Gasteiger partial charge >= 0.3 is 0 Å². The summed E-state index contributed by atoms with van der Waals surface area (Å²) < 4.78 is 15.2. The molecule has 1 N–H and O–H groups in total. The highest BCUT2D eigenvalue weighted by atomic mass is 19.1. The fraction of sp³-hybridized carbons (Fsp3) is 0.333. The number of rotatable bonds is 4. The van der Waals surface area contributed by atoms with Crippen molar-refractivity contribution in [3.05, 3.63) is 66.6 Å². The van der Waals surface area contributed by atoms with Crippen LogP contribution in [0.5, 0.6) is 0 Å². The minimum atomic E-state index is -0.323. The molecule has 2 fully saturated rings. The molecule has 1 aromatic carbocycles. The van der Waals surface area contributed by atoms with Gasteiger partial charge in [-0.1, -0.05) is 0 Å². The third-order valence-electron chi connectivity index (χ3n) is 6.85. The van der Waals surface area contributed by atoms with Gasteiger partial charge in [-0.25, -0.2) is 14.4 Å². The number of nitrogens with zero attached hydrogens (tertiary/aromatic N) is 6. The number of carbonyl (C=O) groups excluding carboxylic acids is 1. The predicted molar refractivity (Wildman–Crippen MR) is 121 cm³/mol. The van der Waals surface area contributed by atoms with Gasteiger partial charge in [0.15, 0.2) is 0 Å². The van der Waals surface area contributed by atoms with Crippen LogP contribution in [0.3, 0.4) is 0 Å². The van der Waals surface area contributed by atoms with Crippen molar-refractivity contribution < 1.29 is 9.18 Å². The summed E-state index contributed by atoms with van der Waals surface area (Å²) in [6.45, 7) is 3.38. The van der Waals surface area contributed by atoms with E-state index in [1.54, 1.807) is 18.5 Å². The maximum absolute atomic E-state index is 13.1. The molecular formula is C24H24FN7O. The summed E-state index contributed by atoms with van der Waals surface area (Å²) in [7, 11) is 0. The first-order chi connectivity index (χ1) is 16.2. The second-order valence-electron chi connectivity index (χ2n) is 8.81. The Labute approximate surface area is 190 Å². The maximum Gasteiger partial charge on any atom is 0.253 e. The van der Waals surface area contributed by atoms with Gasteiger partial charge in [-0.2, -0.15) is 5.10 Å². The predicted octanol–water partition coefficient (Wildman–Crippen LogP) is 3.12. The van der Waals surface area contributed by atoms with Gasteiger partial charge in [-0.15, -0.1) is 0 Å². The molecule has 2 aliphatic rings. The Balaban J connectivity index is 1.05. The maximum atomic E-state index is 13.1.